The van der Waals surface area contributed by atoms with Crippen LogP contribution in [0, 0.1) is 0 Å². The predicted molar refractivity (Wildman–Crippen MR) is 227 cm³/mol. The maximum Gasteiger partial charge on any atom is 0.206 e. The van der Waals surface area contributed by atoms with E-state index in [1.54, 1.807) is 61.2 Å². The van der Waals surface area contributed by atoms with Gasteiger partial charge in [0.05, 0.1) is 46.1 Å². The highest BCUT2D eigenvalue weighted by Crippen LogP contribution is 2.40. The predicted octanol–water partition coefficient (Wildman–Crippen LogP) is 12.2. The number of hydrogen-bond donors (Lipinski definition) is 0. The first-order valence-electron chi connectivity index (χ1n) is 17.7. The van der Waals surface area contributed by atoms with Gasteiger partial charge in [-0.1, -0.05) is 24.3 Å². The molecule has 10 rings (SSSR count). The summed E-state index contributed by atoms with van der Waals surface area (Å²) in [5.74, 6) is 1.56. The lowest BCUT2D eigenvalue weighted by Gasteiger charge is -2.12. The van der Waals surface area contributed by atoms with E-state index in [4.69, 9.17) is 9.47 Å². The number of rotatable bonds is 8. The summed E-state index contributed by atoms with van der Waals surface area (Å²) in [7, 11) is -0.460. The molecular formula is C46H32N2O4S3. The first-order chi connectivity index (χ1) is 26.9. The van der Waals surface area contributed by atoms with Gasteiger partial charge < -0.3 is 18.6 Å². The van der Waals surface area contributed by atoms with Gasteiger partial charge in [0.15, 0.2) is 0 Å². The lowest BCUT2D eigenvalue weighted by atomic mass is 10.1. The average Bonchev–Trinajstić information content (AvgIpc) is 4.06. The van der Waals surface area contributed by atoms with Crippen molar-refractivity contribution in [2.75, 3.05) is 14.2 Å². The van der Waals surface area contributed by atoms with Gasteiger partial charge in [0.1, 0.15) is 11.5 Å². The molecule has 10 aromatic rings. The topological polar surface area (TPSA) is 62.5 Å². The highest BCUT2D eigenvalue weighted by atomic mass is 32.2. The Bertz CT molecular complexity index is 2950. The smallest absolute Gasteiger partial charge is 0.206 e. The molecule has 9 heteroatoms. The van der Waals surface area contributed by atoms with E-state index in [-0.39, 0.29) is 9.79 Å². The van der Waals surface area contributed by atoms with E-state index in [1.807, 2.05) is 36.4 Å². The Hall–Kier alpha value is -6.13. The third-order valence-corrected chi connectivity index (χ3v) is 14.0. The Balaban J connectivity index is 1.02. The lowest BCUT2D eigenvalue weighted by Crippen LogP contribution is -2.03. The molecule has 0 radical (unpaired) electrons. The summed E-state index contributed by atoms with van der Waals surface area (Å²) in [5, 5.41) is 8.50. The number of hydrogen-bond acceptors (Lipinski definition) is 6. The minimum Gasteiger partial charge on any atom is -0.497 e. The molecule has 6 aromatic carbocycles. The number of fused-ring (bicyclic) bond motifs is 6. The van der Waals surface area contributed by atoms with Crippen molar-refractivity contribution in [3.63, 3.8) is 0 Å². The van der Waals surface area contributed by atoms with Gasteiger partial charge in [0.25, 0.3) is 0 Å². The van der Waals surface area contributed by atoms with Gasteiger partial charge in [0, 0.05) is 42.7 Å². The summed E-state index contributed by atoms with van der Waals surface area (Å²) in [6.07, 6.45) is 0. The molecule has 55 heavy (non-hydrogen) atoms. The second-order valence-corrected chi connectivity index (χ2v) is 17.2. The van der Waals surface area contributed by atoms with Crippen LogP contribution in [-0.4, -0.2) is 31.8 Å². The van der Waals surface area contributed by atoms with Gasteiger partial charge in [-0.25, -0.2) is 8.42 Å². The van der Waals surface area contributed by atoms with Gasteiger partial charge in [-0.3, -0.25) is 0 Å². The minimum absolute atomic E-state index is 0.233. The molecule has 0 aliphatic heterocycles. The van der Waals surface area contributed by atoms with Crippen molar-refractivity contribution >= 4 is 76.1 Å². The second kappa shape index (κ2) is 13.0. The number of ether oxygens (including phenoxy) is 2. The van der Waals surface area contributed by atoms with Crippen LogP contribution in [0.3, 0.4) is 0 Å². The van der Waals surface area contributed by atoms with E-state index in [1.165, 1.54) is 9.75 Å². The minimum atomic E-state index is -3.81. The first kappa shape index (κ1) is 33.4. The van der Waals surface area contributed by atoms with E-state index < -0.39 is 9.84 Å². The van der Waals surface area contributed by atoms with Crippen LogP contribution in [0.5, 0.6) is 11.5 Å². The molecule has 0 aliphatic rings. The Morgan fingerprint density at radius 1 is 0.455 bits per heavy atom. The lowest BCUT2D eigenvalue weighted by molar-refractivity contribution is 0.415. The van der Waals surface area contributed by atoms with Crippen LogP contribution < -0.4 is 9.47 Å². The summed E-state index contributed by atoms with van der Waals surface area (Å²) in [6, 6.07) is 47.9. The zero-order valence-corrected chi connectivity index (χ0v) is 32.2. The fourth-order valence-corrected chi connectivity index (χ4v) is 10.4. The third-order valence-electron chi connectivity index (χ3n) is 10.4. The number of aromatic nitrogens is 2. The van der Waals surface area contributed by atoms with Crippen molar-refractivity contribution in [2.45, 2.75) is 9.79 Å². The SMILES string of the molecule is COc1ccc2c(c1)c1cc(-c3cccs3)ccc1n2-c1ccc(S(=O)(=O)c2ccc(-n3c4ccc(OC)cc4c4cc(-c5cccs5)ccc43)cc2)cc1. The molecule has 0 atom stereocenters. The largest absolute Gasteiger partial charge is 0.497 e. The molecule has 4 aromatic heterocycles. The number of thiophene rings is 2. The molecule has 6 nitrogen and oxygen atoms in total. The standard InChI is InChI=1S/C46H32N2O4S3/c1-51-33-13-21-43-39(27-33)37-25-29(45-5-3-23-53-45)7-19-41(37)47(43)31-9-15-35(16-10-31)55(49,50)36-17-11-32(12-18-36)48-42-20-8-30(46-6-4-24-54-46)26-38(42)40-28-34(52-2)14-22-44(40)48/h3-28H,1-2H3. The molecule has 0 saturated carbocycles. The van der Waals surface area contributed by atoms with Crippen molar-refractivity contribution in [3.8, 4) is 43.8 Å². The number of methoxy groups -OCH3 is 2. The highest BCUT2D eigenvalue weighted by molar-refractivity contribution is 7.91. The van der Waals surface area contributed by atoms with Crippen molar-refractivity contribution in [1.29, 1.82) is 0 Å². The van der Waals surface area contributed by atoms with Crippen LogP contribution in [0.25, 0.3) is 75.9 Å². The third kappa shape index (κ3) is 5.46. The average molecular weight is 773 g/mol. The molecular weight excluding hydrogens is 741 g/mol. The number of nitrogens with zero attached hydrogens (tertiary/aromatic N) is 2. The highest BCUT2D eigenvalue weighted by Gasteiger charge is 2.21. The van der Waals surface area contributed by atoms with Gasteiger partial charge in [-0.15, -0.1) is 22.7 Å². The van der Waals surface area contributed by atoms with Crippen molar-refractivity contribution in [2.24, 2.45) is 0 Å². The van der Waals surface area contributed by atoms with Gasteiger partial charge in [-0.2, -0.15) is 0 Å². The second-order valence-electron chi connectivity index (χ2n) is 13.3. The summed E-state index contributed by atoms with van der Waals surface area (Å²) in [6.45, 7) is 0. The van der Waals surface area contributed by atoms with Crippen LogP contribution in [0.1, 0.15) is 0 Å². The summed E-state index contributed by atoms with van der Waals surface area (Å²) in [5.41, 5.74) is 8.12. The molecule has 4 heterocycles. The van der Waals surface area contributed by atoms with Crippen molar-refractivity contribution in [3.05, 3.63) is 156 Å². The van der Waals surface area contributed by atoms with Crippen molar-refractivity contribution < 1.29 is 17.9 Å². The van der Waals surface area contributed by atoms with Gasteiger partial charge >= 0.3 is 0 Å². The maximum absolute atomic E-state index is 14.1. The Morgan fingerprint density at radius 2 is 0.836 bits per heavy atom. The van der Waals surface area contributed by atoms with Crippen molar-refractivity contribution in [1.82, 2.24) is 9.13 Å². The van der Waals surface area contributed by atoms with Gasteiger partial charge in [0.2, 0.25) is 9.84 Å². The Labute approximate surface area is 325 Å². The Morgan fingerprint density at radius 3 is 1.20 bits per heavy atom. The van der Waals surface area contributed by atoms with Gasteiger partial charge in [-0.05, 0) is 143 Å². The molecule has 0 fully saturated rings. The molecule has 0 spiro atoms. The number of benzene rings is 6. The molecule has 268 valence electrons. The fourth-order valence-electron chi connectivity index (χ4n) is 7.69. The molecule has 0 unspecified atom stereocenters. The van der Waals surface area contributed by atoms with Crippen LogP contribution in [0.15, 0.2) is 166 Å². The normalized spacial score (nSPS) is 12.0. The van der Waals surface area contributed by atoms with Crippen LogP contribution >= 0.6 is 22.7 Å². The monoisotopic (exact) mass is 772 g/mol. The molecule has 0 amide bonds. The molecule has 0 bridgehead atoms. The van der Waals surface area contributed by atoms with Crippen LogP contribution in [0.4, 0.5) is 0 Å². The molecule has 0 N–H and O–H groups in total. The quantitative estimate of drug-likeness (QED) is 0.154. The zero-order valence-electron chi connectivity index (χ0n) is 29.8. The van der Waals surface area contributed by atoms with E-state index in [2.05, 4.69) is 105 Å². The zero-order chi connectivity index (χ0) is 37.3. The maximum atomic E-state index is 14.1. The van der Waals surface area contributed by atoms with Crippen LogP contribution in [-0.2, 0) is 9.84 Å². The number of sulfone groups is 1. The first-order valence-corrected chi connectivity index (χ1v) is 20.9. The summed E-state index contributed by atoms with van der Waals surface area (Å²) in [4.78, 5) is 2.87. The molecule has 0 saturated heterocycles. The summed E-state index contributed by atoms with van der Waals surface area (Å²) >= 11 is 3.42. The van der Waals surface area contributed by atoms with Crippen LogP contribution in [0.2, 0.25) is 0 Å². The Kier molecular flexibility index (Phi) is 7.92. The van der Waals surface area contributed by atoms with E-state index in [0.717, 1.165) is 77.6 Å². The fraction of sp³-hybridized carbons (Fsp3) is 0.0435. The van der Waals surface area contributed by atoms with E-state index in [0.29, 0.717) is 0 Å². The summed E-state index contributed by atoms with van der Waals surface area (Å²) < 4.78 is 43.7. The van der Waals surface area contributed by atoms with E-state index >= 15 is 0 Å². The van der Waals surface area contributed by atoms with E-state index in [9.17, 15) is 8.42 Å². The molecule has 0 aliphatic carbocycles.